The lowest BCUT2D eigenvalue weighted by molar-refractivity contribution is 0.0921. The van der Waals surface area contributed by atoms with Crippen molar-refractivity contribution in [2.24, 2.45) is 0 Å². The minimum Gasteiger partial charge on any atom is -0.347 e. The molecule has 92 valence electrons. The van der Waals surface area contributed by atoms with Gasteiger partial charge in [0.05, 0.1) is 0 Å². The highest BCUT2D eigenvalue weighted by molar-refractivity contribution is 5.93. The molecule has 3 rings (SSSR count). The number of aromatic nitrogens is 1. The van der Waals surface area contributed by atoms with Crippen molar-refractivity contribution in [3.8, 4) is 0 Å². The number of carbonyl (C=O) groups is 1. The van der Waals surface area contributed by atoms with Gasteiger partial charge in [0.25, 0.3) is 5.91 Å². The van der Waals surface area contributed by atoms with Crippen LogP contribution in [-0.2, 0) is 0 Å². The van der Waals surface area contributed by atoms with E-state index in [9.17, 15) is 4.79 Å². The molecule has 0 bridgehead atoms. The van der Waals surface area contributed by atoms with Crippen molar-refractivity contribution >= 4 is 5.91 Å². The highest BCUT2D eigenvalue weighted by Crippen LogP contribution is 2.35. The third-order valence-corrected chi connectivity index (χ3v) is 3.58. The number of nitrogens with one attached hydrogen (secondary N) is 2. The maximum Gasteiger partial charge on any atom is 0.268 e. The summed E-state index contributed by atoms with van der Waals surface area (Å²) >= 11 is 0. The van der Waals surface area contributed by atoms with Gasteiger partial charge in [-0.15, -0.1) is 0 Å². The van der Waals surface area contributed by atoms with Crippen LogP contribution in [0.3, 0.4) is 0 Å². The van der Waals surface area contributed by atoms with E-state index in [-0.39, 0.29) is 5.91 Å². The van der Waals surface area contributed by atoms with E-state index in [0.717, 1.165) is 31.6 Å². The summed E-state index contributed by atoms with van der Waals surface area (Å²) in [5.41, 5.74) is 0.818. The van der Waals surface area contributed by atoms with E-state index in [0.29, 0.717) is 12.1 Å². The molecule has 1 unspecified atom stereocenters. The van der Waals surface area contributed by atoms with Crippen LogP contribution in [0.5, 0.6) is 0 Å². The van der Waals surface area contributed by atoms with E-state index in [2.05, 4.69) is 15.2 Å². The van der Waals surface area contributed by atoms with Gasteiger partial charge in [-0.2, -0.15) is 0 Å². The first kappa shape index (κ1) is 10.8. The van der Waals surface area contributed by atoms with Gasteiger partial charge in [-0.3, -0.25) is 4.79 Å². The van der Waals surface area contributed by atoms with Crippen LogP contribution >= 0.6 is 0 Å². The van der Waals surface area contributed by atoms with Crippen LogP contribution in [0.15, 0.2) is 18.3 Å². The summed E-state index contributed by atoms with van der Waals surface area (Å²) in [5.74, 6) is 0.0793. The molecule has 2 heterocycles. The SMILES string of the molecule is O=C(NC1CCCNC1)c1cccn1C1CC1. The summed E-state index contributed by atoms with van der Waals surface area (Å²) in [7, 11) is 0. The van der Waals surface area contributed by atoms with Gasteiger partial charge in [0.2, 0.25) is 0 Å². The minimum atomic E-state index is 0.0793. The molecular formula is C13H19N3O. The highest BCUT2D eigenvalue weighted by atomic mass is 16.2. The predicted molar refractivity (Wildman–Crippen MR) is 66.1 cm³/mol. The van der Waals surface area contributed by atoms with Crippen LogP contribution < -0.4 is 10.6 Å². The quantitative estimate of drug-likeness (QED) is 0.826. The van der Waals surface area contributed by atoms with Crippen molar-refractivity contribution in [1.82, 2.24) is 15.2 Å². The van der Waals surface area contributed by atoms with Gasteiger partial charge in [-0.1, -0.05) is 0 Å². The average molecular weight is 233 g/mol. The molecule has 2 N–H and O–H groups in total. The zero-order chi connectivity index (χ0) is 11.7. The number of hydrogen-bond acceptors (Lipinski definition) is 2. The first-order valence-electron chi connectivity index (χ1n) is 6.53. The lowest BCUT2D eigenvalue weighted by Gasteiger charge is -2.24. The van der Waals surface area contributed by atoms with Gasteiger partial charge in [0, 0.05) is 24.8 Å². The van der Waals surface area contributed by atoms with Crippen molar-refractivity contribution < 1.29 is 4.79 Å². The molecular weight excluding hydrogens is 214 g/mol. The van der Waals surface area contributed by atoms with Gasteiger partial charge in [-0.05, 0) is 44.4 Å². The van der Waals surface area contributed by atoms with Gasteiger partial charge in [0.1, 0.15) is 5.69 Å². The molecule has 4 nitrogen and oxygen atoms in total. The van der Waals surface area contributed by atoms with E-state index in [1.807, 2.05) is 18.3 Å². The Morgan fingerprint density at radius 1 is 1.41 bits per heavy atom. The Bertz CT molecular complexity index is 403. The summed E-state index contributed by atoms with van der Waals surface area (Å²) in [5, 5.41) is 6.44. The monoisotopic (exact) mass is 233 g/mol. The van der Waals surface area contributed by atoms with Gasteiger partial charge in [0.15, 0.2) is 0 Å². The van der Waals surface area contributed by atoms with Crippen molar-refractivity contribution in [3.05, 3.63) is 24.0 Å². The molecule has 1 aromatic heterocycles. The fraction of sp³-hybridized carbons (Fsp3) is 0.615. The molecule has 1 aliphatic carbocycles. The largest absolute Gasteiger partial charge is 0.347 e. The van der Waals surface area contributed by atoms with E-state index >= 15 is 0 Å². The Kier molecular flexibility index (Phi) is 2.89. The minimum absolute atomic E-state index is 0.0793. The number of hydrogen-bond donors (Lipinski definition) is 2. The fourth-order valence-electron chi connectivity index (χ4n) is 2.49. The van der Waals surface area contributed by atoms with Crippen molar-refractivity contribution in [3.63, 3.8) is 0 Å². The maximum absolute atomic E-state index is 12.2. The van der Waals surface area contributed by atoms with Crippen molar-refractivity contribution in [2.45, 2.75) is 37.8 Å². The number of rotatable bonds is 3. The standard InChI is InChI=1S/C13H19N3O/c17-13(15-10-3-1-7-14-9-10)12-4-2-8-16(12)11-5-6-11/h2,4,8,10-11,14H,1,3,5-7,9H2,(H,15,17). The summed E-state index contributed by atoms with van der Waals surface area (Å²) in [6.45, 7) is 1.97. The highest BCUT2D eigenvalue weighted by Gasteiger charge is 2.27. The smallest absolute Gasteiger partial charge is 0.268 e. The van der Waals surface area contributed by atoms with Gasteiger partial charge in [-0.25, -0.2) is 0 Å². The Morgan fingerprint density at radius 2 is 2.29 bits per heavy atom. The molecule has 4 heteroatoms. The van der Waals surface area contributed by atoms with E-state index in [1.165, 1.54) is 12.8 Å². The number of nitrogens with zero attached hydrogens (tertiary/aromatic N) is 1. The Labute approximate surface area is 101 Å². The lowest BCUT2D eigenvalue weighted by atomic mass is 10.1. The molecule has 1 aliphatic heterocycles. The fourth-order valence-corrected chi connectivity index (χ4v) is 2.49. The molecule has 1 saturated carbocycles. The molecule has 1 aromatic rings. The van der Waals surface area contributed by atoms with Crippen LogP contribution in [0.25, 0.3) is 0 Å². The van der Waals surface area contributed by atoms with E-state index in [4.69, 9.17) is 0 Å². The zero-order valence-electron chi connectivity index (χ0n) is 9.98. The second kappa shape index (κ2) is 4.53. The summed E-state index contributed by atoms with van der Waals surface area (Å²) in [4.78, 5) is 12.2. The van der Waals surface area contributed by atoms with Crippen LogP contribution in [-0.4, -0.2) is 29.6 Å². The summed E-state index contributed by atoms with van der Waals surface area (Å²) in [6, 6.07) is 4.74. The normalized spacial score (nSPS) is 24.6. The first-order chi connectivity index (χ1) is 8.34. The van der Waals surface area contributed by atoms with Crippen LogP contribution in [0.2, 0.25) is 0 Å². The van der Waals surface area contributed by atoms with Crippen molar-refractivity contribution in [1.29, 1.82) is 0 Å². The van der Waals surface area contributed by atoms with Gasteiger partial charge < -0.3 is 15.2 Å². The molecule has 0 aromatic carbocycles. The van der Waals surface area contributed by atoms with Crippen LogP contribution in [0.1, 0.15) is 42.2 Å². The summed E-state index contributed by atoms with van der Waals surface area (Å²) in [6.07, 6.45) is 6.67. The molecule has 17 heavy (non-hydrogen) atoms. The Hall–Kier alpha value is -1.29. The van der Waals surface area contributed by atoms with E-state index < -0.39 is 0 Å². The molecule has 0 radical (unpaired) electrons. The lowest BCUT2D eigenvalue weighted by Crippen LogP contribution is -2.46. The maximum atomic E-state index is 12.2. The molecule has 0 spiro atoms. The second-order valence-electron chi connectivity index (χ2n) is 5.05. The third kappa shape index (κ3) is 2.36. The van der Waals surface area contributed by atoms with E-state index in [1.54, 1.807) is 0 Å². The molecule has 1 amide bonds. The summed E-state index contributed by atoms with van der Waals surface area (Å²) < 4.78 is 2.12. The van der Waals surface area contributed by atoms with Gasteiger partial charge >= 0.3 is 0 Å². The molecule has 1 atom stereocenters. The number of carbonyl (C=O) groups excluding carboxylic acids is 1. The predicted octanol–water partition coefficient (Wildman–Crippen LogP) is 1.30. The molecule has 1 saturated heterocycles. The van der Waals surface area contributed by atoms with Crippen LogP contribution in [0, 0.1) is 0 Å². The van der Waals surface area contributed by atoms with Crippen molar-refractivity contribution in [2.75, 3.05) is 13.1 Å². The molecule has 2 aliphatic rings. The van der Waals surface area contributed by atoms with Crippen LogP contribution in [0.4, 0.5) is 0 Å². The third-order valence-electron chi connectivity index (χ3n) is 3.58. The number of amides is 1. The molecule has 2 fully saturated rings. The first-order valence-corrected chi connectivity index (χ1v) is 6.53. The Balaban J connectivity index is 1.66. The zero-order valence-corrected chi connectivity index (χ0v) is 9.98. The Morgan fingerprint density at radius 3 is 3.00 bits per heavy atom. The number of piperidine rings is 1. The second-order valence-corrected chi connectivity index (χ2v) is 5.05. The topological polar surface area (TPSA) is 46.1 Å². The average Bonchev–Trinajstić information content (AvgIpc) is 3.08.